The molecule has 0 atom stereocenters. The number of carbonyl (C=O) groups excluding carboxylic acids is 2. The fraction of sp³-hybridized carbons (Fsp3) is 0.818. The maximum atomic E-state index is 11.3. The number of nitrogens with two attached hydrogens (primary N) is 2. The van der Waals surface area contributed by atoms with Crippen LogP contribution in [0, 0.1) is 5.41 Å². The number of carbonyl (C=O) groups is 2. The zero-order valence-electron chi connectivity index (χ0n) is 9.66. The molecule has 4 N–H and O–H groups in total. The molecule has 4 heteroatoms. The van der Waals surface area contributed by atoms with Crippen molar-refractivity contribution in [3.63, 3.8) is 0 Å². The predicted molar refractivity (Wildman–Crippen MR) is 60.1 cm³/mol. The van der Waals surface area contributed by atoms with Crippen LogP contribution in [0.1, 0.15) is 46.0 Å². The lowest BCUT2D eigenvalue weighted by atomic mass is 9.69. The van der Waals surface area contributed by atoms with Gasteiger partial charge >= 0.3 is 0 Å². The standard InChI is InChI=1S/C11H22N2O2/c1-3-5-10(9-15,6-4-2)11(12,13)7-8-14/h8-9H,3-7,12-13H2,1-2H3. The first kappa shape index (κ1) is 14.3. The molecule has 0 aliphatic carbocycles. The van der Waals surface area contributed by atoms with Crippen molar-refractivity contribution >= 4 is 12.6 Å². The highest BCUT2D eigenvalue weighted by Crippen LogP contribution is 2.36. The Morgan fingerprint density at radius 1 is 1.07 bits per heavy atom. The van der Waals surface area contributed by atoms with Crippen LogP contribution in [0.5, 0.6) is 0 Å². The van der Waals surface area contributed by atoms with Gasteiger partial charge in [0.25, 0.3) is 0 Å². The molecule has 0 aliphatic rings. The first-order valence-electron chi connectivity index (χ1n) is 5.47. The van der Waals surface area contributed by atoms with E-state index in [4.69, 9.17) is 11.5 Å². The van der Waals surface area contributed by atoms with Crippen molar-refractivity contribution in [1.82, 2.24) is 0 Å². The Hall–Kier alpha value is -0.740. The molecule has 0 bridgehead atoms. The van der Waals surface area contributed by atoms with Crippen LogP contribution < -0.4 is 11.5 Å². The van der Waals surface area contributed by atoms with Crippen LogP contribution in [-0.2, 0) is 9.59 Å². The van der Waals surface area contributed by atoms with E-state index in [0.717, 1.165) is 19.1 Å². The highest BCUT2D eigenvalue weighted by atomic mass is 16.1. The summed E-state index contributed by atoms with van der Waals surface area (Å²) < 4.78 is 0. The van der Waals surface area contributed by atoms with Crippen LogP contribution in [0.25, 0.3) is 0 Å². The summed E-state index contributed by atoms with van der Waals surface area (Å²) in [6.07, 6.45) is 4.46. The largest absolute Gasteiger partial charge is 0.312 e. The van der Waals surface area contributed by atoms with Gasteiger partial charge in [-0.05, 0) is 12.8 Å². The van der Waals surface area contributed by atoms with E-state index < -0.39 is 11.1 Å². The molecule has 0 rings (SSSR count). The molecule has 0 fully saturated rings. The smallest absolute Gasteiger partial charge is 0.129 e. The van der Waals surface area contributed by atoms with E-state index in [1.807, 2.05) is 13.8 Å². The first-order valence-corrected chi connectivity index (χ1v) is 5.47. The Morgan fingerprint density at radius 2 is 1.53 bits per heavy atom. The summed E-state index contributed by atoms with van der Waals surface area (Å²) in [5, 5.41) is 0. The minimum absolute atomic E-state index is 0.0196. The second-order valence-electron chi connectivity index (χ2n) is 4.19. The number of rotatable bonds is 8. The van der Waals surface area contributed by atoms with Crippen molar-refractivity contribution in [3.8, 4) is 0 Å². The average Bonchev–Trinajstić information content (AvgIpc) is 2.17. The molecule has 0 heterocycles. The van der Waals surface area contributed by atoms with E-state index in [1.54, 1.807) is 0 Å². The molecule has 0 aromatic rings. The molecular weight excluding hydrogens is 192 g/mol. The second kappa shape index (κ2) is 5.98. The van der Waals surface area contributed by atoms with Gasteiger partial charge in [-0.25, -0.2) is 0 Å². The Balaban J connectivity index is 5.01. The van der Waals surface area contributed by atoms with Crippen LogP contribution in [0.15, 0.2) is 0 Å². The predicted octanol–water partition coefficient (Wildman–Crippen LogP) is 0.975. The Labute approximate surface area is 91.4 Å². The molecule has 0 radical (unpaired) electrons. The van der Waals surface area contributed by atoms with Crippen molar-refractivity contribution < 1.29 is 9.59 Å². The van der Waals surface area contributed by atoms with Crippen molar-refractivity contribution in [2.24, 2.45) is 16.9 Å². The van der Waals surface area contributed by atoms with Crippen molar-refractivity contribution in [2.75, 3.05) is 0 Å². The summed E-state index contributed by atoms with van der Waals surface area (Å²) in [4.78, 5) is 21.8. The Bertz CT molecular complexity index is 209. The average molecular weight is 214 g/mol. The SMILES string of the molecule is CCCC(C=O)(CCC)C(N)(N)CC=O. The normalized spacial score (nSPS) is 12.5. The first-order chi connectivity index (χ1) is 6.99. The summed E-state index contributed by atoms with van der Waals surface area (Å²) in [6, 6.07) is 0. The quantitative estimate of drug-likeness (QED) is 0.465. The highest BCUT2D eigenvalue weighted by Gasteiger charge is 2.44. The van der Waals surface area contributed by atoms with Crippen molar-refractivity contribution in [3.05, 3.63) is 0 Å². The summed E-state index contributed by atoms with van der Waals surface area (Å²) >= 11 is 0. The van der Waals surface area contributed by atoms with Crippen LogP contribution in [0.3, 0.4) is 0 Å². The van der Waals surface area contributed by atoms with Gasteiger partial charge in [0.2, 0.25) is 0 Å². The Kier molecular flexibility index (Phi) is 5.68. The lowest BCUT2D eigenvalue weighted by molar-refractivity contribution is -0.122. The van der Waals surface area contributed by atoms with E-state index in [-0.39, 0.29) is 6.42 Å². The molecule has 0 spiro atoms. The fourth-order valence-corrected chi connectivity index (χ4v) is 2.05. The van der Waals surface area contributed by atoms with Gasteiger partial charge in [-0.3, -0.25) is 0 Å². The summed E-state index contributed by atoms with van der Waals surface area (Å²) in [5.41, 5.74) is 9.82. The van der Waals surface area contributed by atoms with E-state index in [1.165, 1.54) is 0 Å². The van der Waals surface area contributed by atoms with Crippen LogP contribution >= 0.6 is 0 Å². The summed E-state index contributed by atoms with van der Waals surface area (Å²) in [6.45, 7) is 3.95. The van der Waals surface area contributed by atoms with E-state index >= 15 is 0 Å². The molecule has 88 valence electrons. The van der Waals surface area contributed by atoms with Gasteiger partial charge in [0.05, 0.1) is 11.1 Å². The van der Waals surface area contributed by atoms with E-state index in [2.05, 4.69) is 0 Å². The number of hydrogen-bond acceptors (Lipinski definition) is 4. The van der Waals surface area contributed by atoms with Crippen LogP contribution in [0.4, 0.5) is 0 Å². The molecule has 0 unspecified atom stereocenters. The zero-order chi connectivity index (χ0) is 11.9. The molecule has 0 saturated heterocycles. The van der Waals surface area contributed by atoms with Gasteiger partial charge < -0.3 is 21.1 Å². The van der Waals surface area contributed by atoms with Gasteiger partial charge in [-0.15, -0.1) is 0 Å². The van der Waals surface area contributed by atoms with Crippen LogP contribution in [-0.4, -0.2) is 18.2 Å². The van der Waals surface area contributed by atoms with Gasteiger partial charge in [0.1, 0.15) is 12.6 Å². The topological polar surface area (TPSA) is 86.2 Å². The molecule has 0 aromatic heterocycles. The maximum Gasteiger partial charge on any atom is 0.129 e. The van der Waals surface area contributed by atoms with E-state index in [0.29, 0.717) is 19.1 Å². The van der Waals surface area contributed by atoms with Crippen molar-refractivity contribution in [2.45, 2.75) is 51.6 Å². The minimum Gasteiger partial charge on any atom is -0.312 e. The third kappa shape index (κ3) is 3.11. The highest BCUT2D eigenvalue weighted by molar-refractivity contribution is 5.64. The van der Waals surface area contributed by atoms with Crippen molar-refractivity contribution in [1.29, 1.82) is 0 Å². The minimum atomic E-state index is -1.22. The molecule has 0 saturated carbocycles. The van der Waals surface area contributed by atoms with Gasteiger partial charge in [-0.2, -0.15) is 0 Å². The maximum absolute atomic E-state index is 11.3. The third-order valence-corrected chi connectivity index (χ3v) is 2.97. The molecule has 15 heavy (non-hydrogen) atoms. The lowest BCUT2D eigenvalue weighted by Gasteiger charge is -2.41. The van der Waals surface area contributed by atoms with E-state index in [9.17, 15) is 9.59 Å². The molecule has 0 aromatic carbocycles. The monoisotopic (exact) mass is 214 g/mol. The lowest BCUT2D eigenvalue weighted by Crippen LogP contribution is -2.63. The second-order valence-corrected chi connectivity index (χ2v) is 4.19. The third-order valence-electron chi connectivity index (χ3n) is 2.97. The molecule has 0 aliphatic heterocycles. The Morgan fingerprint density at radius 3 is 1.80 bits per heavy atom. The van der Waals surface area contributed by atoms with Gasteiger partial charge in [0, 0.05) is 6.42 Å². The number of hydrogen-bond donors (Lipinski definition) is 2. The van der Waals surface area contributed by atoms with Gasteiger partial charge in [0.15, 0.2) is 0 Å². The zero-order valence-corrected chi connectivity index (χ0v) is 9.66. The molecule has 4 nitrogen and oxygen atoms in total. The summed E-state index contributed by atoms with van der Waals surface area (Å²) in [5.74, 6) is 0. The summed E-state index contributed by atoms with van der Waals surface area (Å²) in [7, 11) is 0. The molecular formula is C11H22N2O2. The van der Waals surface area contributed by atoms with Crippen LogP contribution in [0.2, 0.25) is 0 Å². The molecule has 0 amide bonds. The van der Waals surface area contributed by atoms with Gasteiger partial charge in [-0.1, -0.05) is 26.7 Å². The fourth-order valence-electron chi connectivity index (χ4n) is 2.05. The number of aldehydes is 2.